The third-order valence-corrected chi connectivity index (χ3v) is 6.32. The number of primary amides is 1. The average molecular weight is 490 g/mol. The van der Waals surface area contributed by atoms with Crippen LogP contribution in [-0.2, 0) is 4.79 Å². The van der Waals surface area contributed by atoms with Gasteiger partial charge < -0.3 is 25.4 Å². The van der Waals surface area contributed by atoms with E-state index < -0.39 is 5.91 Å². The van der Waals surface area contributed by atoms with Crippen molar-refractivity contribution in [3.05, 3.63) is 77.7 Å². The highest BCUT2D eigenvalue weighted by atomic mass is 35.5. The Labute approximate surface area is 207 Å². The van der Waals surface area contributed by atoms with E-state index in [-0.39, 0.29) is 12.5 Å². The lowest BCUT2D eigenvalue weighted by Gasteiger charge is -2.36. The Balaban J connectivity index is 1.36. The van der Waals surface area contributed by atoms with Gasteiger partial charge in [0.2, 0.25) is 5.91 Å². The molecule has 1 fully saturated rings. The number of fused-ring (bicyclic) bond motifs is 1. The fraction of sp³-hybridized carbons (Fsp3) is 0.200. The zero-order chi connectivity index (χ0) is 24.4. The summed E-state index contributed by atoms with van der Waals surface area (Å²) in [5.41, 5.74) is 8.48. The maximum atomic E-state index is 13.3. The van der Waals surface area contributed by atoms with Gasteiger partial charge in [0.05, 0.1) is 5.39 Å². The van der Waals surface area contributed by atoms with E-state index in [1.165, 1.54) is 6.33 Å². The highest BCUT2D eigenvalue weighted by Crippen LogP contribution is 2.30. The fourth-order valence-corrected chi connectivity index (χ4v) is 4.45. The highest BCUT2D eigenvalue weighted by Gasteiger charge is 2.24. The number of aromatic nitrogens is 3. The van der Waals surface area contributed by atoms with Crippen LogP contribution < -0.4 is 15.5 Å². The molecule has 3 heterocycles. The minimum atomic E-state index is -0.512. The van der Waals surface area contributed by atoms with Crippen molar-refractivity contribution >= 4 is 51.6 Å². The number of nitrogens with one attached hydrogen (secondary N) is 1. The van der Waals surface area contributed by atoms with Crippen LogP contribution in [0.4, 0.5) is 17.2 Å². The predicted octanol–water partition coefficient (Wildman–Crippen LogP) is 3.20. The van der Waals surface area contributed by atoms with Crippen molar-refractivity contribution < 1.29 is 9.59 Å². The SMILES string of the molecule is NC(=O)CN(c1cccc(C(=O)N2CCN(c3ccc(Cl)cc3)CC2)c1)c1ncnc2[nH]ccc12. The van der Waals surface area contributed by atoms with Crippen molar-refractivity contribution in [3.8, 4) is 0 Å². The summed E-state index contributed by atoms with van der Waals surface area (Å²) in [5, 5.41) is 1.45. The summed E-state index contributed by atoms with van der Waals surface area (Å²) in [6.45, 7) is 2.58. The first kappa shape index (κ1) is 22.7. The first-order chi connectivity index (χ1) is 17.0. The van der Waals surface area contributed by atoms with Crippen molar-refractivity contribution in [2.24, 2.45) is 5.73 Å². The molecule has 2 amide bonds. The summed E-state index contributed by atoms with van der Waals surface area (Å²) >= 11 is 6.00. The standard InChI is InChI=1S/C25H24ClN7O2/c26-18-4-6-19(7-5-18)31-10-12-32(13-11-31)25(35)17-2-1-3-20(14-17)33(15-22(27)34)24-21-8-9-28-23(21)29-16-30-24/h1-9,14,16H,10-13,15H2,(H2,27,34)(H,28,29,30). The number of piperazine rings is 1. The van der Waals surface area contributed by atoms with E-state index in [9.17, 15) is 9.59 Å². The number of carbonyl (C=O) groups is 2. The molecule has 4 aromatic rings. The number of rotatable bonds is 6. The molecule has 3 N–H and O–H groups in total. The van der Waals surface area contributed by atoms with E-state index in [0.29, 0.717) is 40.8 Å². The van der Waals surface area contributed by atoms with E-state index in [2.05, 4.69) is 19.9 Å². The second-order valence-corrected chi connectivity index (χ2v) is 8.73. The molecule has 0 bridgehead atoms. The molecule has 5 rings (SSSR count). The number of benzene rings is 2. The molecule has 0 aliphatic carbocycles. The topological polar surface area (TPSA) is 111 Å². The molecule has 178 valence electrons. The van der Waals surface area contributed by atoms with Gasteiger partial charge in [0.1, 0.15) is 24.3 Å². The van der Waals surface area contributed by atoms with Gasteiger partial charge in [-0.2, -0.15) is 0 Å². The Kier molecular flexibility index (Phi) is 6.24. The van der Waals surface area contributed by atoms with E-state index in [0.717, 1.165) is 24.2 Å². The van der Waals surface area contributed by atoms with Gasteiger partial charge in [-0.05, 0) is 48.5 Å². The summed E-state index contributed by atoms with van der Waals surface area (Å²) in [5.74, 6) is -0.0327. The predicted molar refractivity (Wildman–Crippen MR) is 136 cm³/mol. The number of nitrogens with zero attached hydrogens (tertiary/aromatic N) is 5. The Bertz CT molecular complexity index is 1360. The van der Waals surface area contributed by atoms with Gasteiger partial charge in [-0.3, -0.25) is 9.59 Å². The van der Waals surface area contributed by atoms with Crippen molar-refractivity contribution in [2.75, 3.05) is 42.5 Å². The van der Waals surface area contributed by atoms with E-state index in [1.54, 1.807) is 29.3 Å². The third kappa shape index (κ3) is 4.76. The van der Waals surface area contributed by atoms with Gasteiger partial charge in [0, 0.05) is 54.3 Å². The molecule has 1 saturated heterocycles. The maximum absolute atomic E-state index is 13.3. The maximum Gasteiger partial charge on any atom is 0.254 e. The van der Waals surface area contributed by atoms with E-state index >= 15 is 0 Å². The van der Waals surface area contributed by atoms with Crippen LogP contribution in [0.25, 0.3) is 11.0 Å². The summed E-state index contributed by atoms with van der Waals surface area (Å²) in [4.78, 5) is 42.7. The van der Waals surface area contributed by atoms with Crippen LogP contribution in [0, 0.1) is 0 Å². The summed E-state index contributed by atoms with van der Waals surface area (Å²) in [6.07, 6.45) is 3.19. The minimum absolute atomic E-state index is 0.0592. The molecule has 0 radical (unpaired) electrons. The van der Waals surface area contributed by atoms with Crippen LogP contribution in [0.2, 0.25) is 5.02 Å². The molecule has 2 aromatic carbocycles. The number of amides is 2. The largest absolute Gasteiger partial charge is 0.368 e. The number of aromatic amines is 1. The first-order valence-electron chi connectivity index (χ1n) is 11.2. The van der Waals surface area contributed by atoms with Crippen LogP contribution in [0.3, 0.4) is 0 Å². The molecular weight excluding hydrogens is 466 g/mol. The van der Waals surface area contributed by atoms with Crippen molar-refractivity contribution in [2.45, 2.75) is 0 Å². The fourth-order valence-electron chi connectivity index (χ4n) is 4.33. The Morgan fingerprint density at radius 3 is 2.54 bits per heavy atom. The lowest BCUT2D eigenvalue weighted by molar-refractivity contribution is -0.116. The quantitative estimate of drug-likeness (QED) is 0.430. The normalized spacial score (nSPS) is 13.7. The Hall–Kier alpha value is -4.11. The summed E-state index contributed by atoms with van der Waals surface area (Å²) in [7, 11) is 0. The molecule has 0 unspecified atom stereocenters. The number of H-pyrrole nitrogens is 1. The minimum Gasteiger partial charge on any atom is -0.368 e. The molecule has 1 aliphatic heterocycles. The summed E-state index contributed by atoms with van der Waals surface area (Å²) in [6, 6.07) is 16.8. The highest BCUT2D eigenvalue weighted by molar-refractivity contribution is 6.30. The number of hydrogen-bond acceptors (Lipinski definition) is 6. The zero-order valence-corrected chi connectivity index (χ0v) is 19.7. The van der Waals surface area contributed by atoms with Gasteiger partial charge in [-0.15, -0.1) is 0 Å². The molecule has 0 saturated carbocycles. The Morgan fingerprint density at radius 2 is 1.80 bits per heavy atom. The van der Waals surface area contributed by atoms with E-state index in [4.69, 9.17) is 17.3 Å². The molecule has 10 heteroatoms. The molecule has 0 atom stereocenters. The van der Waals surface area contributed by atoms with Gasteiger partial charge >= 0.3 is 0 Å². The third-order valence-electron chi connectivity index (χ3n) is 6.07. The number of nitrogens with two attached hydrogens (primary N) is 1. The van der Waals surface area contributed by atoms with Gasteiger partial charge in [-0.1, -0.05) is 17.7 Å². The van der Waals surface area contributed by atoms with Crippen molar-refractivity contribution in [1.82, 2.24) is 19.9 Å². The van der Waals surface area contributed by atoms with Crippen molar-refractivity contribution in [1.29, 1.82) is 0 Å². The number of carbonyl (C=O) groups excluding carboxylic acids is 2. The lowest BCUT2D eigenvalue weighted by Crippen LogP contribution is -2.48. The monoisotopic (exact) mass is 489 g/mol. The van der Waals surface area contributed by atoms with Gasteiger partial charge in [-0.25, -0.2) is 9.97 Å². The molecule has 2 aromatic heterocycles. The Morgan fingerprint density at radius 1 is 1.03 bits per heavy atom. The molecule has 35 heavy (non-hydrogen) atoms. The van der Waals surface area contributed by atoms with Gasteiger partial charge in [0.15, 0.2) is 0 Å². The number of hydrogen-bond donors (Lipinski definition) is 2. The van der Waals surface area contributed by atoms with Crippen LogP contribution in [0.5, 0.6) is 0 Å². The van der Waals surface area contributed by atoms with Gasteiger partial charge in [0.25, 0.3) is 5.91 Å². The molecular formula is C25H24ClN7O2. The zero-order valence-electron chi connectivity index (χ0n) is 18.9. The second-order valence-electron chi connectivity index (χ2n) is 8.30. The lowest BCUT2D eigenvalue weighted by atomic mass is 10.1. The number of anilines is 3. The smallest absolute Gasteiger partial charge is 0.254 e. The van der Waals surface area contributed by atoms with Crippen LogP contribution in [0.15, 0.2) is 67.1 Å². The molecule has 0 spiro atoms. The van der Waals surface area contributed by atoms with Crippen LogP contribution in [0.1, 0.15) is 10.4 Å². The van der Waals surface area contributed by atoms with Crippen LogP contribution >= 0.6 is 11.6 Å². The van der Waals surface area contributed by atoms with Crippen LogP contribution in [-0.4, -0.2) is 64.4 Å². The molecule has 9 nitrogen and oxygen atoms in total. The number of halogens is 1. The summed E-state index contributed by atoms with van der Waals surface area (Å²) < 4.78 is 0. The van der Waals surface area contributed by atoms with Crippen molar-refractivity contribution in [3.63, 3.8) is 0 Å². The first-order valence-corrected chi connectivity index (χ1v) is 11.6. The second kappa shape index (κ2) is 9.63. The molecule has 1 aliphatic rings. The van der Waals surface area contributed by atoms with E-state index in [1.807, 2.05) is 41.3 Å². The average Bonchev–Trinajstić information content (AvgIpc) is 3.37.